The summed E-state index contributed by atoms with van der Waals surface area (Å²) in [6, 6.07) is 1.08. The number of hydrogen-bond acceptors (Lipinski definition) is 2. The van der Waals surface area contributed by atoms with E-state index in [1.54, 1.807) is 0 Å². The van der Waals surface area contributed by atoms with Crippen molar-refractivity contribution in [1.29, 1.82) is 0 Å². The number of halogens is 2. The molecule has 0 bridgehead atoms. The molecular weight excluding hydrogens is 230 g/mol. The molecular formula is C9H5B2ClFNO2. The second-order valence-corrected chi connectivity index (χ2v) is 3.64. The molecule has 0 atom stereocenters. The first-order valence-corrected chi connectivity index (χ1v) is 4.72. The van der Waals surface area contributed by atoms with E-state index >= 15 is 0 Å². The number of phenolic OH excluding ortho intramolecular Hbond substituents is 1. The lowest BCUT2D eigenvalue weighted by Gasteiger charge is -2.02. The Labute approximate surface area is 98.4 Å². The smallest absolute Gasteiger partial charge is 0.158 e. The van der Waals surface area contributed by atoms with Crippen LogP contribution in [0.15, 0.2) is 6.07 Å². The lowest BCUT2D eigenvalue weighted by molar-refractivity contribution is 0.435. The maximum absolute atomic E-state index is 13.3. The topological polar surface area (TPSA) is 45.4 Å². The van der Waals surface area contributed by atoms with E-state index in [-0.39, 0.29) is 34.1 Å². The van der Waals surface area contributed by atoms with Crippen molar-refractivity contribution in [3.8, 4) is 11.5 Å². The molecule has 2 N–H and O–H groups in total. The fourth-order valence-electron chi connectivity index (χ4n) is 1.61. The molecule has 3 nitrogen and oxygen atoms in total. The molecule has 0 unspecified atom stereocenters. The number of phenols is 1. The van der Waals surface area contributed by atoms with E-state index in [1.807, 2.05) is 0 Å². The Morgan fingerprint density at radius 3 is 2.62 bits per heavy atom. The van der Waals surface area contributed by atoms with Crippen LogP contribution in [0, 0.1) is 5.82 Å². The lowest BCUT2D eigenvalue weighted by atomic mass is 9.90. The van der Waals surface area contributed by atoms with Crippen molar-refractivity contribution in [2.75, 3.05) is 0 Å². The Morgan fingerprint density at radius 1 is 1.44 bits per heavy atom. The molecule has 2 rings (SSSR count). The van der Waals surface area contributed by atoms with Crippen LogP contribution in [0.2, 0.25) is 0 Å². The molecule has 2 aromatic rings. The Bertz CT molecular complexity index is 585. The first-order valence-electron chi connectivity index (χ1n) is 4.38. The third kappa shape index (κ3) is 1.29. The predicted molar refractivity (Wildman–Crippen MR) is 61.3 cm³/mol. The summed E-state index contributed by atoms with van der Waals surface area (Å²) in [5.41, 5.74) is 0.0472. The molecule has 16 heavy (non-hydrogen) atoms. The van der Waals surface area contributed by atoms with Crippen molar-refractivity contribution in [1.82, 2.24) is 4.09 Å². The third-order valence-electron chi connectivity index (χ3n) is 2.41. The van der Waals surface area contributed by atoms with Gasteiger partial charge in [0, 0.05) is 23.2 Å². The maximum Gasteiger partial charge on any atom is 0.158 e. The van der Waals surface area contributed by atoms with Crippen molar-refractivity contribution in [2.45, 2.75) is 6.32 Å². The van der Waals surface area contributed by atoms with E-state index in [4.69, 9.17) is 27.5 Å². The second kappa shape index (κ2) is 3.63. The summed E-state index contributed by atoms with van der Waals surface area (Å²) >= 11 is 5.85. The van der Waals surface area contributed by atoms with Crippen LogP contribution in [-0.2, 0) is 6.32 Å². The van der Waals surface area contributed by atoms with Crippen LogP contribution in [0.1, 0.15) is 5.69 Å². The van der Waals surface area contributed by atoms with Gasteiger partial charge in [0.2, 0.25) is 0 Å². The Balaban J connectivity index is 3.00. The van der Waals surface area contributed by atoms with E-state index in [2.05, 4.69) is 0 Å². The molecule has 0 amide bonds. The zero-order valence-electron chi connectivity index (χ0n) is 8.04. The van der Waals surface area contributed by atoms with Crippen LogP contribution in [0.25, 0.3) is 10.9 Å². The van der Waals surface area contributed by atoms with Crippen LogP contribution >= 0.6 is 11.8 Å². The summed E-state index contributed by atoms with van der Waals surface area (Å²) in [7, 11) is 10.8. The Morgan fingerprint density at radius 2 is 2.06 bits per heavy atom. The highest BCUT2D eigenvalue weighted by Crippen LogP contribution is 2.34. The summed E-state index contributed by atoms with van der Waals surface area (Å²) in [4.78, 5) is 0. The Kier molecular flexibility index (Phi) is 2.54. The number of fused-ring (bicyclic) bond motifs is 1. The van der Waals surface area contributed by atoms with Crippen molar-refractivity contribution in [2.24, 2.45) is 0 Å². The second-order valence-electron chi connectivity index (χ2n) is 3.30. The molecule has 0 aliphatic carbocycles. The molecule has 1 aromatic carbocycles. The number of nitrogens with zero attached hydrogens (tertiary/aromatic N) is 1. The normalized spacial score (nSPS) is 11.1. The molecule has 1 aromatic heterocycles. The minimum atomic E-state index is -0.992. The standard InChI is InChI=1S/C9H5B2ClFNO2/c10-2-4-9(16)6-3(14(4)12)1-5(15)8(13)7(6)11/h1,15-16H,2H2. The first kappa shape index (κ1) is 11.2. The van der Waals surface area contributed by atoms with E-state index < -0.39 is 11.6 Å². The fraction of sp³-hybridized carbons (Fsp3) is 0.111. The van der Waals surface area contributed by atoms with Gasteiger partial charge in [-0.1, -0.05) is 0 Å². The average Bonchev–Trinajstić information content (AvgIpc) is 2.48. The highest BCUT2D eigenvalue weighted by atomic mass is 35.5. The summed E-state index contributed by atoms with van der Waals surface area (Å²) in [5.74, 6) is -1.90. The van der Waals surface area contributed by atoms with Crippen molar-refractivity contribution < 1.29 is 14.6 Å². The van der Waals surface area contributed by atoms with Gasteiger partial charge in [-0.2, -0.15) is 0 Å². The minimum Gasteiger partial charge on any atom is -0.505 e. The summed E-state index contributed by atoms with van der Waals surface area (Å²) in [6.45, 7) is 0. The molecule has 7 heteroatoms. The summed E-state index contributed by atoms with van der Waals surface area (Å²) < 4.78 is 14.4. The van der Waals surface area contributed by atoms with E-state index in [1.165, 1.54) is 0 Å². The maximum atomic E-state index is 13.3. The van der Waals surface area contributed by atoms with Crippen molar-refractivity contribution in [3.05, 3.63) is 17.6 Å². The number of hydrogen-bond donors (Lipinski definition) is 2. The van der Waals surface area contributed by atoms with Gasteiger partial charge >= 0.3 is 0 Å². The zero-order chi connectivity index (χ0) is 12.0. The third-order valence-corrected chi connectivity index (χ3v) is 2.80. The van der Waals surface area contributed by atoms with Crippen LogP contribution in [0.5, 0.6) is 11.5 Å². The molecule has 78 valence electrons. The molecule has 0 spiro atoms. The molecule has 1 heterocycles. The van der Waals surface area contributed by atoms with E-state index in [0.717, 1.165) is 10.2 Å². The Hall–Kier alpha value is -1.29. The molecule has 4 radical (unpaired) electrons. The van der Waals surface area contributed by atoms with Gasteiger partial charge in [0.1, 0.15) is 13.6 Å². The summed E-state index contributed by atoms with van der Waals surface area (Å²) in [5, 5.41) is 19.1. The van der Waals surface area contributed by atoms with Gasteiger partial charge in [-0.25, -0.2) is 4.39 Å². The lowest BCUT2D eigenvalue weighted by Crippen LogP contribution is -2.09. The molecule has 0 fully saturated rings. The van der Waals surface area contributed by atoms with Crippen LogP contribution in [0.3, 0.4) is 0 Å². The largest absolute Gasteiger partial charge is 0.505 e. The zero-order valence-corrected chi connectivity index (χ0v) is 8.79. The number of aromatic hydroxyl groups is 2. The van der Waals surface area contributed by atoms with Crippen molar-refractivity contribution in [3.63, 3.8) is 0 Å². The molecule has 0 aliphatic heterocycles. The quantitative estimate of drug-likeness (QED) is 0.713. The van der Waals surface area contributed by atoms with Gasteiger partial charge in [-0.15, -0.1) is 0 Å². The molecule has 0 saturated carbocycles. The first-order chi connectivity index (χ1) is 7.49. The highest BCUT2D eigenvalue weighted by Gasteiger charge is 2.19. The van der Waals surface area contributed by atoms with Crippen LogP contribution in [0.4, 0.5) is 4.39 Å². The number of rotatable bonds is 1. The SMILES string of the molecule is [B]Cc1c(O)c2c([B])c(F)c(O)cc2n1Cl. The van der Waals surface area contributed by atoms with Gasteiger partial charge in [0.15, 0.2) is 11.6 Å². The van der Waals surface area contributed by atoms with Gasteiger partial charge < -0.3 is 10.2 Å². The van der Waals surface area contributed by atoms with E-state index in [0.29, 0.717) is 0 Å². The highest BCUT2D eigenvalue weighted by molar-refractivity contribution is 6.40. The van der Waals surface area contributed by atoms with Crippen LogP contribution in [-0.4, -0.2) is 30.0 Å². The number of benzene rings is 1. The predicted octanol–water partition coefficient (Wildman–Crippen LogP) is 0.656. The van der Waals surface area contributed by atoms with Gasteiger partial charge in [-0.3, -0.25) is 4.09 Å². The monoisotopic (exact) mass is 235 g/mol. The average molecular weight is 235 g/mol. The fourth-order valence-corrected chi connectivity index (χ4v) is 1.90. The van der Waals surface area contributed by atoms with Gasteiger partial charge in [0.25, 0.3) is 0 Å². The van der Waals surface area contributed by atoms with Crippen LogP contribution < -0.4 is 5.46 Å². The van der Waals surface area contributed by atoms with Crippen molar-refractivity contribution >= 4 is 43.8 Å². The van der Waals surface area contributed by atoms with E-state index in [9.17, 15) is 14.6 Å². The van der Waals surface area contributed by atoms with Gasteiger partial charge in [-0.05, 0) is 11.8 Å². The molecule has 0 saturated heterocycles. The van der Waals surface area contributed by atoms with Gasteiger partial charge in [0.05, 0.1) is 19.1 Å². The number of aromatic nitrogens is 1. The molecule has 0 aliphatic rings. The minimum absolute atomic E-state index is 0.0359. The summed E-state index contributed by atoms with van der Waals surface area (Å²) in [6.07, 6.45) is -0.0359.